The second-order valence-electron chi connectivity index (χ2n) is 2.64. The van der Waals surface area contributed by atoms with Crippen LogP contribution in [0, 0.1) is 0 Å². The highest BCUT2D eigenvalue weighted by Crippen LogP contribution is 2.14. The predicted octanol–water partition coefficient (Wildman–Crippen LogP) is -0.855. The minimum Gasteiger partial charge on any atom is -0.394 e. The second-order valence-corrected chi connectivity index (χ2v) is 2.64. The Hall–Kier alpha value is -0.160. The van der Waals surface area contributed by atoms with Gasteiger partial charge in [-0.1, -0.05) is 0 Å². The Bertz CT molecular complexity index is 97.9. The highest BCUT2D eigenvalue weighted by Gasteiger charge is 2.24. The van der Waals surface area contributed by atoms with Gasteiger partial charge in [0.05, 0.1) is 38.6 Å². The molecule has 2 N–H and O–H groups in total. The first-order chi connectivity index (χ1) is 5.33. The van der Waals surface area contributed by atoms with Crippen molar-refractivity contribution >= 4 is 0 Å². The average molecular weight is 162 g/mol. The van der Waals surface area contributed by atoms with E-state index in [-0.39, 0.29) is 12.7 Å². The molecule has 0 aromatic heterocycles. The van der Waals surface area contributed by atoms with Crippen molar-refractivity contribution in [3.8, 4) is 0 Å². The van der Waals surface area contributed by atoms with Crippen LogP contribution in [0.4, 0.5) is 0 Å². The van der Waals surface area contributed by atoms with Gasteiger partial charge in [0.2, 0.25) is 0 Å². The van der Waals surface area contributed by atoms with Gasteiger partial charge in [0.15, 0.2) is 0 Å². The van der Waals surface area contributed by atoms with Gasteiger partial charge in [-0.2, -0.15) is 0 Å². The summed E-state index contributed by atoms with van der Waals surface area (Å²) in [6.07, 6.45) is 0.218. The van der Waals surface area contributed by atoms with Crippen molar-refractivity contribution in [3.05, 3.63) is 0 Å². The Morgan fingerprint density at radius 1 is 1.45 bits per heavy atom. The molecule has 4 heteroatoms. The Kier molecular flexibility index (Phi) is 3.79. The molecule has 2 rings (SSSR count). The van der Waals surface area contributed by atoms with Gasteiger partial charge in [0.1, 0.15) is 0 Å². The van der Waals surface area contributed by atoms with Crippen LogP contribution in [0.25, 0.3) is 0 Å². The number of hydrogen-bond donors (Lipinski definition) is 2. The third-order valence-electron chi connectivity index (χ3n) is 1.35. The van der Waals surface area contributed by atoms with Crippen molar-refractivity contribution in [2.75, 3.05) is 26.4 Å². The fraction of sp³-hybridized carbons (Fsp3) is 1.00. The van der Waals surface area contributed by atoms with E-state index >= 15 is 0 Å². The van der Waals surface area contributed by atoms with Crippen molar-refractivity contribution in [2.24, 2.45) is 0 Å². The van der Waals surface area contributed by atoms with E-state index in [1.807, 2.05) is 0 Å². The third-order valence-corrected chi connectivity index (χ3v) is 1.35. The Balaban J connectivity index is 0.000000167. The average Bonchev–Trinajstić information content (AvgIpc) is 2.83. The summed E-state index contributed by atoms with van der Waals surface area (Å²) < 4.78 is 9.31. The maximum Gasteiger partial charge on any atom is 0.0835 e. The maximum absolute atomic E-state index is 8.74. The summed E-state index contributed by atoms with van der Waals surface area (Å²) >= 11 is 0. The standard InChI is InChI=1S/C5H10O3.C2H4O/c6-2-4(7)1-5-3-8-5;1-2-3-1/h4-7H,1-3H2;1-2H2. The van der Waals surface area contributed by atoms with E-state index in [0.717, 1.165) is 19.8 Å². The summed E-state index contributed by atoms with van der Waals surface area (Å²) in [5.74, 6) is 0. The largest absolute Gasteiger partial charge is 0.394 e. The fourth-order valence-electron chi connectivity index (χ4n) is 0.582. The van der Waals surface area contributed by atoms with Crippen molar-refractivity contribution in [1.82, 2.24) is 0 Å². The number of aliphatic hydroxyl groups excluding tert-OH is 2. The zero-order valence-corrected chi connectivity index (χ0v) is 6.40. The van der Waals surface area contributed by atoms with Gasteiger partial charge < -0.3 is 19.7 Å². The van der Waals surface area contributed by atoms with E-state index in [2.05, 4.69) is 4.74 Å². The molecule has 2 heterocycles. The van der Waals surface area contributed by atoms with Gasteiger partial charge in [-0.15, -0.1) is 0 Å². The molecule has 2 aliphatic heterocycles. The molecular formula is C7H14O4. The molecule has 2 saturated heterocycles. The summed E-state index contributed by atoms with van der Waals surface area (Å²) in [7, 11) is 0. The Morgan fingerprint density at radius 2 is 2.00 bits per heavy atom. The van der Waals surface area contributed by atoms with Crippen LogP contribution in [0.15, 0.2) is 0 Å². The Morgan fingerprint density at radius 3 is 2.27 bits per heavy atom. The Labute approximate surface area is 65.7 Å². The zero-order valence-electron chi connectivity index (χ0n) is 6.40. The monoisotopic (exact) mass is 162 g/mol. The molecule has 0 aliphatic carbocycles. The molecule has 0 amide bonds. The highest BCUT2D eigenvalue weighted by molar-refractivity contribution is 4.72. The third kappa shape index (κ3) is 6.25. The van der Waals surface area contributed by atoms with Crippen LogP contribution in [0.2, 0.25) is 0 Å². The lowest BCUT2D eigenvalue weighted by Crippen LogP contribution is -2.14. The van der Waals surface area contributed by atoms with Gasteiger partial charge in [0, 0.05) is 6.42 Å². The van der Waals surface area contributed by atoms with Crippen LogP contribution in [0.3, 0.4) is 0 Å². The smallest absolute Gasteiger partial charge is 0.0835 e. The predicted molar refractivity (Wildman–Crippen MR) is 38.3 cm³/mol. The molecule has 0 aromatic rings. The minimum atomic E-state index is -0.581. The number of ether oxygens (including phenoxy) is 2. The van der Waals surface area contributed by atoms with Gasteiger partial charge in [0.25, 0.3) is 0 Å². The van der Waals surface area contributed by atoms with E-state index in [0.29, 0.717) is 6.42 Å². The molecule has 0 spiro atoms. The molecule has 0 bridgehead atoms. The maximum atomic E-state index is 8.74. The summed E-state index contributed by atoms with van der Waals surface area (Å²) in [4.78, 5) is 0. The number of hydrogen-bond acceptors (Lipinski definition) is 4. The molecule has 2 aliphatic rings. The molecule has 4 nitrogen and oxygen atoms in total. The van der Waals surface area contributed by atoms with Crippen LogP contribution in [-0.2, 0) is 9.47 Å². The summed E-state index contributed by atoms with van der Waals surface area (Å²) in [5, 5.41) is 17.0. The number of aliphatic hydroxyl groups is 2. The topological polar surface area (TPSA) is 65.5 Å². The van der Waals surface area contributed by atoms with Crippen molar-refractivity contribution in [3.63, 3.8) is 0 Å². The molecule has 0 saturated carbocycles. The molecule has 11 heavy (non-hydrogen) atoms. The molecule has 0 radical (unpaired) electrons. The van der Waals surface area contributed by atoms with Crippen molar-refractivity contribution in [1.29, 1.82) is 0 Å². The van der Waals surface area contributed by atoms with E-state index in [9.17, 15) is 0 Å². The van der Waals surface area contributed by atoms with Gasteiger partial charge in [-0.05, 0) is 0 Å². The van der Waals surface area contributed by atoms with E-state index in [1.54, 1.807) is 0 Å². The van der Waals surface area contributed by atoms with E-state index < -0.39 is 6.10 Å². The molecule has 66 valence electrons. The van der Waals surface area contributed by atoms with Crippen LogP contribution >= 0.6 is 0 Å². The number of epoxide rings is 2. The molecule has 0 aromatic carbocycles. The normalized spacial score (nSPS) is 28.4. The van der Waals surface area contributed by atoms with Crippen LogP contribution < -0.4 is 0 Å². The second kappa shape index (κ2) is 4.66. The van der Waals surface area contributed by atoms with Gasteiger partial charge >= 0.3 is 0 Å². The molecular weight excluding hydrogens is 148 g/mol. The van der Waals surface area contributed by atoms with Crippen LogP contribution in [0.5, 0.6) is 0 Å². The SMILES string of the molecule is C1CO1.OCC(O)CC1CO1. The van der Waals surface area contributed by atoms with Crippen molar-refractivity contribution < 1.29 is 19.7 Å². The zero-order chi connectivity index (χ0) is 8.10. The first-order valence-corrected chi connectivity index (χ1v) is 3.81. The van der Waals surface area contributed by atoms with E-state index in [4.69, 9.17) is 14.9 Å². The lowest BCUT2D eigenvalue weighted by atomic mass is 10.2. The van der Waals surface area contributed by atoms with E-state index in [1.165, 1.54) is 0 Å². The lowest BCUT2D eigenvalue weighted by molar-refractivity contribution is 0.0814. The lowest BCUT2D eigenvalue weighted by Gasteiger charge is -2.01. The number of rotatable bonds is 3. The van der Waals surface area contributed by atoms with Crippen LogP contribution in [-0.4, -0.2) is 48.8 Å². The minimum absolute atomic E-state index is 0.153. The molecule has 2 fully saturated rings. The summed E-state index contributed by atoms with van der Waals surface area (Å²) in [5.41, 5.74) is 0. The van der Waals surface area contributed by atoms with Crippen molar-refractivity contribution in [2.45, 2.75) is 18.6 Å². The van der Waals surface area contributed by atoms with Gasteiger partial charge in [-0.25, -0.2) is 0 Å². The van der Waals surface area contributed by atoms with Gasteiger partial charge in [-0.3, -0.25) is 0 Å². The van der Waals surface area contributed by atoms with Crippen LogP contribution in [0.1, 0.15) is 6.42 Å². The first-order valence-electron chi connectivity index (χ1n) is 3.81. The summed E-state index contributed by atoms with van der Waals surface area (Å²) in [6.45, 7) is 2.59. The quantitative estimate of drug-likeness (QED) is 0.530. The fourth-order valence-corrected chi connectivity index (χ4v) is 0.582. The molecule has 2 unspecified atom stereocenters. The first kappa shape index (κ1) is 8.93. The highest BCUT2D eigenvalue weighted by atomic mass is 16.6. The summed E-state index contributed by atoms with van der Waals surface area (Å²) in [6, 6.07) is 0. The molecule has 2 atom stereocenters.